The van der Waals surface area contributed by atoms with Gasteiger partial charge in [-0.2, -0.15) is 4.98 Å². The maximum absolute atomic E-state index is 13.3. The summed E-state index contributed by atoms with van der Waals surface area (Å²) in [6.45, 7) is 6.81. The molecule has 2 amide bonds. The zero-order valence-electron chi connectivity index (χ0n) is 20.2. The first kappa shape index (κ1) is 22.2. The minimum Gasteiger partial charge on any atom is -0.336 e. The van der Waals surface area contributed by atoms with Crippen LogP contribution in [0.5, 0.6) is 0 Å². The van der Waals surface area contributed by atoms with Crippen molar-refractivity contribution in [3.05, 3.63) is 64.2 Å². The standard InChI is InChI=1S/C25H27N9O2/c1-15(2)33-23(35)20-14-29-24(30-18-4-3-16-5-7-26-13-17(16)11-18)31-22(20)34(33)19-6-8-27-21(12-19)32-10-9-28-25(32)36/h3-4,6,8,11-12,14-15,26H,5,7,9-10,13H2,1-2H3,(H,28,36)(H,29,30,31). The van der Waals surface area contributed by atoms with Gasteiger partial charge in [-0.25, -0.2) is 24.1 Å². The second-order valence-electron chi connectivity index (χ2n) is 9.28. The summed E-state index contributed by atoms with van der Waals surface area (Å²) in [7, 11) is 0. The first-order valence-corrected chi connectivity index (χ1v) is 12.1. The maximum atomic E-state index is 13.3. The molecule has 0 spiro atoms. The number of amides is 2. The van der Waals surface area contributed by atoms with Crippen molar-refractivity contribution in [3.8, 4) is 5.69 Å². The number of hydrogen-bond donors (Lipinski definition) is 3. The number of urea groups is 1. The Morgan fingerprint density at radius 2 is 1.94 bits per heavy atom. The Bertz CT molecular complexity index is 1540. The minimum atomic E-state index is -0.188. The number of nitrogens with zero attached hydrogens (tertiary/aromatic N) is 6. The van der Waals surface area contributed by atoms with Crippen LogP contribution in [0.4, 0.5) is 22.2 Å². The van der Waals surface area contributed by atoms with Crippen LogP contribution in [0.1, 0.15) is 31.0 Å². The van der Waals surface area contributed by atoms with E-state index in [1.165, 1.54) is 11.1 Å². The second-order valence-corrected chi connectivity index (χ2v) is 9.28. The van der Waals surface area contributed by atoms with E-state index in [4.69, 9.17) is 4.98 Å². The molecule has 4 aromatic rings. The van der Waals surface area contributed by atoms with E-state index in [1.807, 2.05) is 19.9 Å². The number of benzene rings is 1. The SMILES string of the molecule is CC(C)n1c(=O)c2cnc(Nc3ccc4c(c3)CNCC4)nc2n1-c1ccnc(N2CCNC2=O)c1. The molecular formula is C25H27N9O2. The van der Waals surface area contributed by atoms with Crippen molar-refractivity contribution in [2.45, 2.75) is 32.9 Å². The molecule has 2 aliphatic rings. The van der Waals surface area contributed by atoms with Crippen LogP contribution < -0.4 is 26.4 Å². The summed E-state index contributed by atoms with van der Waals surface area (Å²) in [6, 6.07) is 9.55. The van der Waals surface area contributed by atoms with Gasteiger partial charge in [0.1, 0.15) is 11.2 Å². The Hall–Kier alpha value is -4.25. The lowest BCUT2D eigenvalue weighted by Gasteiger charge is -2.18. The highest BCUT2D eigenvalue weighted by Crippen LogP contribution is 2.25. The zero-order valence-corrected chi connectivity index (χ0v) is 20.2. The Morgan fingerprint density at radius 1 is 1.06 bits per heavy atom. The van der Waals surface area contributed by atoms with Gasteiger partial charge in [0.2, 0.25) is 5.95 Å². The van der Waals surface area contributed by atoms with E-state index in [0.717, 1.165) is 25.2 Å². The minimum absolute atomic E-state index is 0.136. The third-order valence-electron chi connectivity index (χ3n) is 6.57. The highest BCUT2D eigenvalue weighted by molar-refractivity contribution is 5.93. The lowest BCUT2D eigenvalue weighted by Crippen LogP contribution is -2.29. The molecule has 0 unspecified atom stereocenters. The van der Waals surface area contributed by atoms with Gasteiger partial charge in [-0.15, -0.1) is 0 Å². The fourth-order valence-electron chi connectivity index (χ4n) is 4.84. The second kappa shape index (κ2) is 8.76. The molecule has 5 heterocycles. The molecule has 3 aromatic heterocycles. The fraction of sp³-hybridized carbons (Fsp3) is 0.320. The predicted octanol–water partition coefficient (Wildman–Crippen LogP) is 2.48. The van der Waals surface area contributed by atoms with Crippen molar-refractivity contribution in [1.29, 1.82) is 0 Å². The quantitative estimate of drug-likeness (QED) is 0.397. The van der Waals surface area contributed by atoms with Gasteiger partial charge in [0.05, 0.1) is 5.69 Å². The summed E-state index contributed by atoms with van der Waals surface area (Å²) in [5.74, 6) is 0.913. The van der Waals surface area contributed by atoms with Crippen LogP contribution in [0, 0.1) is 0 Å². The van der Waals surface area contributed by atoms with Crippen molar-refractivity contribution in [2.75, 3.05) is 29.9 Å². The van der Waals surface area contributed by atoms with Crippen molar-refractivity contribution < 1.29 is 4.79 Å². The van der Waals surface area contributed by atoms with E-state index >= 15 is 0 Å². The van der Waals surface area contributed by atoms with E-state index < -0.39 is 0 Å². The molecule has 0 bridgehead atoms. The molecule has 0 atom stereocenters. The molecular weight excluding hydrogens is 458 g/mol. The van der Waals surface area contributed by atoms with Crippen molar-refractivity contribution in [1.82, 2.24) is 34.9 Å². The molecule has 11 heteroatoms. The molecule has 6 rings (SSSR count). The third-order valence-corrected chi connectivity index (χ3v) is 6.57. The van der Waals surface area contributed by atoms with Crippen molar-refractivity contribution >= 4 is 34.5 Å². The Balaban J connectivity index is 1.44. The number of rotatable bonds is 5. The van der Waals surface area contributed by atoms with Crippen LogP contribution in [0.3, 0.4) is 0 Å². The number of aromatic nitrogens is 5. The lowest BCUT2D eigenvalue weighted by atomic mass is 10.0. The van der Waals surface area contributed by atoms with Crippen molar-refractivity contribution in [3.63, 3.8) is 0 Å². The van der Waals surface area contributed by atoms with Crippen LogP contribution in [0.15, 0.2) is 47.5 Å². The fourth-order valence-corrected chi connectivity index (χ4v) is 4.84. The summed E-state index contributed by atoms with van der Waals surface area (Å²) in [4.78, 5) is 40.7. The summed E-state index contributed by atoms with van der Waals surface area (Å²) in [6.07, 6.45) is 4.22. The molecule has 0 radical (unpaired) electrons. The third kappa shape index (κ3) is 3.77. The van der Waals surface area contributed by atoms with E-state index in [-0.39, 0.29) is 17.6 Å². The molecule has 0 aliphatic carbocycles. The van der Waals surface area contributed by atoms with Crippen LogP contribution in [-0.2, 0) is 13.0 Å². The van der Waals surface area contributed by atoms with E-state index in [1.54, 1.807) is 38.8 Å². The largest absolute Gasteiger partial charge is 0.336 e. The molecule has 3 N–H and O–H groups in total. The number of hydrogen-bond acceptors (Lipinski definition) is 7. The number of pyridine rings is 1. The predicted molar refractivity (Wildman–Crippen MR) is 137 cm³/mol. The molecule has 1 saturated heterocycles. The summed E-state index contributed by atoms with van der Waals surface area (Å²) in [5, 5.41) is 9.90. The highest BCUT2D eigenvalue weighted by Gasteiger charge is 2.24. The topological polar surface area (TPSA) is 122 Å². The van der Waals surface area contributed by atoms with Gasteiger partial charge >= 0.3 is 6.03 Å². The van der Waals surface area contributed by atoms with Crippen LogP contribution >= 0.6 is 0 Å². The van der Waals surface area contributed by atoms with Gasteiger partial charge in [0, 0.05) is 49.8 Å². The van der Waals surface area contributed by atoms with E-state index in [0.29, 0.717) is 41.6 Å². The van der Waals surface area contributed by atoms with Crippen LogP contribution in [-0.4, -0.2) is 50.0 Å². The molecule has 1 fully saturated rings. The molecule has 11 nitrogen and oxygen atoms in total. The smallest absolute Gasteiger partial charge is 0.323 e. The monoisotopic (exact) mass is 485 g/mol. The first-order valence-electron chi connectivity index (χ1n) is 12.1. The van der Waals surface area contributed by atoms with Crippen LogP contribution in [0.25, 0.3) is 16.7 Å². The van der Waals surface area contributed by atoms with Gasteiger partial charge in [0.15, 0.2) is 5.65 Å². The van der Waals surface area contributed by atoms with Crippen molar-refractivity contribution in [2.24, 2.45) is 0 Å². The lowest BCUT2D eigenvalue weighted by molar-refractivity contribution is 0.252. The van der Waals surface area contributed by atoms with Gasteiger partial charge in [-0.3, -0.25) is 9.69 Å². The van der Waals surface area contributed by atoms with Gasteiger partial charge in [-0.1, -0.05) is 6.07 Å². The maximum Gasteiger partial charge on any atom is 0.323 e. The Labute approximate surface area is 207 Å². The van der Waals surface area contributed by atoms with Gasteiger partial charge in [0.25, 0.3) is 5.56 Å². The first-order chi connectivity index (χ1) is 17.5. The van der Waals surface area contributed by atoms with Gasteiger partial charge in [-0.05, 0) is 56.1 Å². The molecule has 184 valence electrons. The number of fused-ring (bicyclic) bond motifs is 2. The van der Waals surface area contributed by atoms with E-state index in [2.05, 4.69) is 38.1 Å². The molecule has 1 aromatic carbocycles. The summed E-state index contributed by atoms with van der Waals surface area (Å²) in [5.41, 5.74) is 4.48. The Morgan fingerprint density at radius 3 is 2.75 bits per heavy atom. The Kier molecular flexibility index (Phi) is 5.41. The number of nitrogens with one attached hydrogen (secondary N) is 3. The zero-order chi connectivity index (χ0) is 24.8. The van der Waals surface area contributed by atoms with E-state index in [9.17, 15) is 9.59 Å². The summed E-state index contributed by atoms with van der Waals surface area (Å²) >= 11 is 0. The average Bonchev–Trinajstić information content (AvgIpc) is 3.44. The molecule has 0 saturated carbocycles. The number of anilines is 3. The molecule has 2 aliphatic heterocycles. The van der Waals surface area contributed by atoms with Gasteiger partial charge < -0.3 is 16.0 Å². The average molecular weight is 486 g/mol. The normalized spacial score (nSPS) is 15.4. The number of carbonyl (C=O) groups excluding carboxylic acids is 1. The van der Waals surface area contributed by atoms with Crippen LogP contribution in [0.2, 0.25) is 0 Å². The highest BCUT2D eigenvalue weighted by atomic mass is 16.2. The summed E-state index contributed by atoms with van der Waals surface area (Å²) < 4.78 is 3.43. The number of carbonyl (C=O) groups is 1. The molecule has 36 heavy (non-hydrogen) atoms.